The third-order valence-corrected chi connectivity index (χ3v) is 7.52. The highest BCUT2D eigenvalue weighted by Crippen LogP contribution is 2.33. The Morgan fingerprint density at radius 1 is 1.12 bits per heavy atom. The number of nitrogens with zero attached hydrogens (tertiary/aromatic N) is 3. The Morgan fingerprint density at radius 2 is 1.90 bits per heavy atom. The summed E-state index contributed by atoms with van der Waals surface area (Å²) >= 11 is 0. The first kappa shape index (κ1) is 30.3. The van der Waals surface area contributed by atoms with Gasteiger partial charge in [-0.25, -0.2) is 4.98 Å². The summed E-state index contributed by atoms with van der Waals surface area (Å²) < 4.78 is 0. The minimum Gasteiger partial charge on any atom is -0.359 e. The first-order valence-corrected chi connectivity index (χ1v) is 14.8. The summed E-state index contributed by atoms with van der Waals surface area (Å²) in [5.41, 5.74) is 11.3. The first-order valence-electron chi connectivity index (χ1n) is 14.8. The number of hydrogen-bond donors (Lipinski definition) is 3. The molecule has 42 heavy (non-hydrogen) atoms. The molecular formula is C36H42N6. The van der Waals surface area contributed by atoms with Crippen LogP contribution in [-0.4, -0.2) is 25.1 Å². The van der Waals surface area contributed by atoms with E-state index < -0.39 is 0 Å². The van der Waals surface area contributed by atoms with Gasteiger partial charge in [0.2, 0.25) is 0 Å². The molecule has 1 aliphatic carbocycles. The predicted molar refractivity (Wildman–Crippen MR) is 177 cm³/mol. The Hall–Kier alpha value is -4.71. The highest BCUT2D eigenvalue weighted by Gasteiger charge is 2.19. The lowest BCUT2D eigenvalue weighted by Crippen LogP contribution is -2.16. The summed E-state index contributed by atoms with van der Waals surface area (Å²) in [4.78, 5) is 12.9. The van der Waals surface area contributed by atoms with E-state index in [0.29, 0.717) is 5.92 Å². The van der Waals surface area contributed by atoms with Crippen molar-refractivity contribution in [1.29, 1.82) is 0 Å². The Kier molecular flexibility index (Phi) is 10.3. The van der Waals surface area contributed by atoms with Crippen molar-refractivity contribution in [2.45, 2.75) is 53.4 Å². The number of pyridine rings is 2. The van der Waals surface area contributed by atoms with Gasteiger partial charge in [-0.3, -0.25) is 10.1 Å². The zero-order valence-corrected chi connectivity index (χ0v) is 25.3. The van der Waals surface area contributed by atoms with Gasteiger partial charge >= 0.3 is 0 Å². The Bertz CT molecular complexity index is 1640. The quantitative estimate of drug-likeness (QED) is 0.170. The van der Waals surface area contributed by atoms with E-state index in [4.69, 9.17) is 4.98 Å². The van der Waals surface area contributed by atoms with E-state index in [2.05, 4.69) is 70.4 Å². The molecule has 4 aromatic rings. The first-order chi connectivity index (χ1) is 20.5. The highest BCUT2D eigenvalue weighted by molar-refractivity contribution is 5.92. The molecule has 0 atom stereocenters. The Labute approximate surface area is 249 Å². The topological polar surface area (TPSA) is 82.3 Å². The van der Waals surface area contributed by atoms with Crippen molar-refractivity contribution in [3.8, 4) is 11.4 Å². The standard InChI is InChI=1S/C34H36N6.C2H6/c1-6-12-28(26-15-11-18-35-21-26)29-20-32(37-23(29)5)34-33-31(39-40-34)17-16-30(38-33)24(7-2)19-27(8-3)36-22(4)25-13-9-10-14-25;1-2/h6-8,11-12,15-21,25,36-37H,1,3-4,9-10,13-14H2,2,5H3,(H,39,40);1-2H3/b24-7+,27-19+,28-12-;. The van der Waals surface area contributed by atoms with Crippen molar-refractivity contribution in [2.24, 2.45) is 5.92 Å². The highest BCUT2D eigenvalue weighted by atomic mass is 15.1. The summed E-state index contributed by atoms with van der Waals surface area (Å²) in [6, 6.07) is 10.1. The van der Waals surface area contributed by atoms with Crippen LogP contribution in [0.25, 0.3) is 33.6 Å². The number of fused-ring (bicyclic) bond motifs is 1. The third-order valence-electron chi connectivity index (χ3n) is 7.52. The van der Waals surface area contributed by atoms with Crippen LogP contribution in [0.4, 0.5) is 0 Å². The second-order valence-electron chi connectivity index (χ2n) is 10.1. The zero-order chi connectivity index (χ0) is 30.1. The summed E-state index contributed by atoms with van der Waals surface area (Å²) in [5.74, 6) is 0.523. The van der Waals surface area contributed by atoms with Crippen LogP contribution in [-0.2, 0) is 0 Å². The summed E-state index contributed by atoms with van der Waals surface area (Å²) in [5, 5.41) is 11.3. The van der Waals surface area contributed by atoms with Gasteiger partial charge in [-0.05, 0) is 80.2 Å². The molecule has 6 nitrogen and oxygen atoms in total. The summed E-state index contributed by atoms with van der Waals surface area (Å²) in [6.07, 6.45) is 18.4. The van der Waals surface area contributed by atoms with Crippen molar-refractivity contribution in [2.75, 3.05) is 0 Å². The molecule has 216 valence electrons. The zero-order valence-electron chi connectivity index (χ0n) is 25.3. The fourth-order valence-corrected chi connectivity index (χ4v) is 5.37. The maximum absolute atomic E-state index is 5.05. The number of allylic oxidation sites excluding steroid dienone is 7. The molecule has 5 rings (SSSR count). The van der Waals surface area contributed by atoms with E-state index in [1.165, 1.54) is 25.7 Å². The van der Waals surface area contributed by atoms with Crippen LogP contribution >= 0.6 is 0 Å². The van der Waals surface area contributed by atoms with Gasteiger partial charge in [0.25, 0.3) is 0 Å². The van der Waals surface area contributed by atoms with Crippen molar-refractivity contribution in [3.63, 3.8) is 0 Å². The monoisotopic (exact) mass is 558 g/mol. The average Bonchev–Trinajstić information content (AvgIpc) is 3.79. The minimum atomic E-state index is 0.523. The molecule has 0 spiro atoms. The molecule has 0 saturated heterocycles. The number of nitrogens with one attached hydrogen (secondary N) is 3. The van der Waals surface area contributed by atoms with Crippen LogP contribution in [0.3, 0.4) is 0 Å². The van der Waals surface area contributed by atoms with Gasteiger partial charge in [0.1, 0.15) is 11.2 Å². The van der Waals surface area contributed by atoms with Crippen molar-refractivity contribution in [3.05, 3.63) is 127 Å². The normalized spacial score (nSPS) is 14.4. The van der Waals surface area contributed by atoms with Crippen LogP contribution < -0.4 is 5.32 Å². The number of H-pyrrole nitrogens is 2. The molecule has 0 radical (unpaired) electrons. The Balaban J connectivity index is 0.00000198. The molecule has 6 heteroatoms. The minimum absolute atomic E-state index is 0.523. The van der Waals surface area contributed by atoms with E-state index in [9.17, 15) is 0 Å². The fourth-order valence-electron chi connectivity index (χ4n) is 5.37. The average molecular weight is 559 g/mol. The lowest BCUT2D eigenvalue weighted by molar-refractivity contribution is 0.607. The van der Waals surface area contributed by atoms with Gasteiger partial charge in [0.15, 0.2) is 0 Å². The van der Waals surface area contributed by atoms with E-state index in [-0.39, 0.29) is 0 Å². The lowest BCUT2D eigenvalue weighted by atomic mass is 9.99. The van der Waals surface area contributed by atoms with Crippen molar-refractivity contribution < 1.29 is 0 Å². The van der Waals surface area contributed by atoms with E-state index >= 15 is 0 Å². The maximum Gasteiger partial charge on any atom is 0.135 e. The van der Waals surface area contributed by atoms with Gasteiger partial charge in [-0.2, -0.15) is 5.10 Å². The Morgan fingerprint density at radius 3 is 2.57 bits per heavy atom. The molecule has 0 amide bonds. The van der Waals surface area contributed by atoms with Crippen LogP contribution in [0.1, 0.15) is 69.0 Å². The van der Waals surface area contributed by atoms with Crippen LogP contribution in [0.2, 0.25) is 0 Å². The fraction of sp³-hybridized carbons (Fsp3) is 0.250. The molecule has 1 aliphatic rings. The van der Waals surface area contributed by atoms with Crippen LogP contribution in [0.15, 0.2) is 104 Å². The smallest absolute Gasteiger partial charge is 0.135 e. The van der Waals surface area contributed by atoms with E-state index in [0.717, 1.165) is 67.5 Å². The second kappa shape index (κ2) is 14.3. The van der Waals surface area contributed by atoms with Crippen LogP contribution in [0, 0.1) is 12.8 Å². The third kappa shape index (κ3) is 6.60. The van der Waals surface area contributed by atoms with Gasteiger partial charge in [-0.15, -0.1) is 0 Å². The molecule has 0 aromatic carbocycles. The van der Waals surface area contributed by atoms with E-state index in [1.54, 1.807) is 12.3 Å². The second-order valence-corrected chi connectivity index (χ2v) is 10.1. The molecule has 1 fully saturated rings. The molecule has 0 aliphatic heterocycles. The van der Waals surface area contributed by atoms with Gasteiger partial charge in [-0.1, -0.05) is 70.7 Å². The largest absolute Gasteiger partial charge is 0.359 e. The number of rotatable bonds is 10. The van der Waals surface area contributed by atoms with Gasteiger partial charge < -0.3 is 10.3 Å². The van der Waals surface area contributed by atoms with E-state index in [1.807, 2.05) is 63.4 Å². The number of aryl methyl sites for hydroxylation is 1. The molecule has 1 saturated carbocycles. The van der Waals surface area contributed by atoms with Crippen molar-refractivity contribution in [1.82, 2.24) is 30.5 Å². The molecule has 0 unspecified atom stereocenters. The summed E-state index contributed by atoms with van der Waals surface area (Å²) in [6.45, 7) is 20.3. The predicted octanol–water partition coefficient (Wildman–Crippen LogP) is 9.07. The molecule has 3 N–H and O–H groups in total. The van der Waals surface area contributed by atoms with Gasteiger partial charge in [0, 0.05) is 40.6 Å². The molecule has 4 heterocycles. The molecular weight excluding hydrogens is 516 g/mol. The number of aromatic nitrogens is 5. The molecule has 0 bridgehead atoms. The summed E-state index contributed by atoms with van der Waals surface area (Å²) in [7, 11) is 0. The SMILES string of the molecule is C=C/C=C(/c1cccnc1)c1cc(-c2n[nH]c3ccc(C(/C=C(\C=C)NC(=C)C4CCCC4)=C/C)nc23)[nH]c1C.CC. The maximum atomic E-state index is 5.05. The van der Waals surface area contributed by atoms with Gasteiger partial charge in [0.05, 0.1) is 16.9 Å². The molecule has 4 aromatic heterocycles. The van der Waals surface area contributed by atoms with Crippen molar-refractivity contribution >= 4 is 22.2 Å². The number of aromatic amines is 2. The lowest BCUT2D eigenvalue weighted by Gasteiger charge is -2.16. The number of hydrogen-bond acceptors (Lipinski definition) is 4. The van der Waals surface area contributed by atoms with Crippen LogP contribution in [0.5, 0.6) is 0 Å².